The summed E-state index contributed by atoms with van der Waals surface area (Å²) in [5.74, 6) is 0. The SMILES string of the molecule is Br.Br.CCCCCCN=c1ccn(CCCCCCn2ccc(=NCCCCCC)cc2)cc1. The molecular weight excluding hydrogens is 552 g/mol. The van der Waals surface area contributed by atoms with Gasteiger partial charge < -0.3 is 9.13 Å². The van der Waals surface area contributed by atoms with Crippen LogP contribution in [-0.4, -0.2) is 22.2 Å². The van der Waals surface area contributed by atoms with Crippen molar-refractivity contribution in [3.05, 3.63) is 59.8 Å². The lowest BCUT2D eigenvalue weighted by Crippen LogP contribution is -2.07. The normalized spacial score (nSPS) is 10.3. The van der Waals surface area contributed by atoms with Crippen LogP contribution in [0.1, 0.15) is 90.9 Å². The maximum atomic E-state index is 4.68. The first kappa shape index (κ1) is 32.9. The maximum absolute atomic E-state index is 4.68. The Morgan fingerprint density at radius 1 is 0.500 bits per heavy atom. The molecule has 0 unspecified atom stereocenters. The summed E-state index contributed by atoms with van der Waals surface area (Å²) in [5.41, 5.74) is 0. The third-order valence-corrected chi connectivity index (χ3v) is 5.94. The topological polar surface area (TPSA) is 34.6 Å². The summed E-state index contributed by atoms with van der Waals surface area (Å²) in [6.07, 6.45) is 24.0. The van der Waals surface area contributed by atoms with Crippen LogP contribution >= 0.6 is 34.0 Å². The van der Waals surface area contributed by atoms with Crippen LogP contribution in [0.15, 0.2) is 59.0 Å². The number of aryl methyl sites for hydroxylation is 2. The average Bonchev–Trinajstić information content (AvgIpc) is 2.83. The number of nitrogens with zero attached hydrogens (tertiary/aromatic N) is 4. The summed E-state index contributed by atoms with van der Waals surface area (Å²) in [5, 5.41) is 2.23. The number of aromatic nitrogens is 2. The zero-order valence-electron chi connectivity index (χ0n) is 21.5. The number of hydrogen-bond acceptors (Lipinski definition) is 2. The molecular formula is C28H48Br2N4. The van der Waals surface area contributed by atoms with Crippen LogP contribution in [0, 0.1) is 0 Å². The van der Waals surface area contributed by atoms with Gasteiger partial charge >= 0.3 is 0 Å². The number of halogens is 2. The maximum Gasteiger partial charge on any atom is 0.0603 e. The molecule has 0 N–H and O–H groups in total. The first-order valence-electron chi connectivity index (χ1n) is 13.1. The Bertz CT molecular complexity index is 745. The summed E-state index contributed by atoms with van der Waals surface area (Å²) < 4.78 is 4.57. The molecule has 0 saturated heterocycles. The van der Waals surface area contributed by atoms with E-state index in [1.165, 1.54) is 77.0 Å². The van der Waals surface area contributed by atoms with E-state index in [-0.39, 0.29) is 34.0 Å². The largest absolute Gasteiger partial charge is 0.354 e. The number of hydrogen-bond donors (Lipinski definition) is 0. The molecule has 0 aromatic carbocycles. The van der Waals surface area contributed by atoms with E-state index < -0.39 is 0 Å². The Labute approximate surface area is 229 Å². The van der Waals surface area contributed by atoms with Crippen molar-refractivity contribution in [2.24, 2.45) is 9.98 Å². The number of rotatable bonds is 17. The van der Waals surface area contributed by atoms with Crippen LogP contribution in [0.2, 0.25) is 0 Å². The number of unbranched alkanes of at least 4 members (excludes halogenated alkanes) is 9. The highest BCUT2D eigenvalue weighted by Crippen LogP contribution is 2.04. The standard InChI is InChI=1S/C28H46N4.2BrH/c1-3-5-7-11-19-29-27-15-23-31(24-16-27)21-13-9-10-14-22-32-25-17-28(18-26-32)30-20-12-8-6-4-2;;/h15-18,23-26H,3-14,19-22H2,1-2H3;2*1H. The van der Waals surface area contributed by atoms with Gasteiger partial charge in [-0.15, -0.1) is 34.0 Å². The summed E-state index contributed by atoms with van der Waals surface area (Å²) in [6, 6.07) is 8.60. The molecule has 34 heavy (non-hydrogen) atoms. The molecule has 0 amide bonds. The molecule has 0 bridgehead atoms. The van der Waals surface area contributed by atoms with Gasteiger partial charge in [0.15, 0.2) is 0 Å². The quantitative estimate of drug-likeness (QED) is 0.167. The lowest BCUT2D eigenvalue weighted by atomic mass is 10.2. The average molecular weight is 601 g/mol. The first-order valence-corrected chi connectivity index (χ1v) is 13.1. The highest BCUT2D eigenvalue weighted by Gasteiger charge is 1.94. The lowest BCUT2D eigenvalue weighted by Gasteiger charge is -2.08. The molecule has 0 aliphatic heterocycles. The van der Waals surface area contributed by atoms with Crippen molar-refractivity contribution in [3.8, 4) is 0 Å². The fourth-order valence-electron chi connectivity index (χ4n) is 3.84. The van der Waals surface area contributed by atoms with E-state index in [1.54, 1.807) is 0 Å². The van der Waals surface area contributed by atoms with Gasteiger partial charge in [-0.3, -0.25) is 9.98 Å². The summed E-state index contributed by atoms with van der Waals surface area (Å²) in [6.45, 7) is 8.60. The minimum atomic E-state index is 0. The van der Waals surface area contributed by atoms with Crippen molar-refractivity contribution in [1.82, 2.24) is 9.13 Å². The summed E-state index contributed by atoms with van der Waals surface area (Å²) in [4.78, 5) is 9.36. The molecule has 2 rings (SSSR count). The molecule has 6 heteroatoms. The van der Waals surface area contributed by atoms with Crippen LogP contribution in [0.3, 0.4) is 0 Å². The highest BCUT2D eigenvalue weighted by atomic mass is 79.9. The van der Waals surface area contributed by atoms with E-state index in [1.807, 2.05) is 0 Å². The molecule has 2 aromatic heterocycles. The second kappa shape index (κ2) is 22.3. The van der Waals surface area contributed by atoms with Crippen molar-refractivity contribution in [2.75, 3.05) is 13.1 Å². The minimum absolute atomic E-state index is 0. The third-order valence-electron chi connectivity index (χ3n) is 5.94. The minimum Gasteiger partial charge on any atom is -0.354 e. The van der Waals surface area contributed by atoms with Crippen molar-refractivity contribution in [2.45, 2.75) is 104 Å². The van der Waals surface area contributed by atoms with Crippen LogP contribution in [-0.2, 0) is 13.1 Å². The molecule has 194 valence electrons. The molecule has 0 atom stereocenters. The number of pyridine rings is 2. The zero-order chi connectivity index (χ0) is 22.7. The van der Waals surface area contributed by atoms with Gasteiger partial charge in [0.2, 0.25) is 0 Å². The van der Waals surface area contributed by atoms with Crippen LogP contribution in [0.5, 0.6) is 0 Å². The summed E-state index contributed by atoms with van der Waals surface area (Å²) >= 11 is 0. The van der Waals surface area contributed by atoms with Gasteiger partial charge in [0.05, 0.1) is 10.7 Å². The van der Waals surface area contributed by atoms with Crippen molar-refractivity contribution in [3.63, 3.8) is 0 Å². The predicted octanol–water partition coefficient (Wildman–Crippen LogP) is 7.67. The van der Waals surface area contributed by atoms with Crippen molar-refractivity contribution < 1.29 is 0 Å². The molecule has 2 heterocycles. The van der Waals surface area contributed by atoms with Crippen LogP contribution < -0.4 is 10.7 Å². The molecule has 2 aromatic rings. The summed E-state index contributed by atoms with van der Waals surface area (Å²) in [7, 11) is 0. The Balaban J connectivity index is 0.00000544. The second-order valence-corrected chi connectivity index (χ2v) is 8.89. The van der Waals surface area contributed by atoms with E-state index >= 15 is 0 Å². The third kappa shape index (κ3) is 15.7. The van der Waals surface area contributed by atoms with Gasteiger partial charge in [-0.25, -0.2) is 0 Å². The predicted molar refractivity (Wildman–Crippen MR) is 157 cm³/mol. The fourth-order valence-corrected chi connectivity index (χ4v) is 3.84. The molecule has 0 saturated carbocycles. The van der Waals surface area contributed by atoms with E-state index in [0.717, 1.165) is 36.9 Å². The van der Waals surface area contributed by atoms with Gasteiger partial charge in [0.1, 0.15) is 0 Å². The molecule has 0 fully saturated rings. The molecule has 0 aliphatic rings. The molecule has 0 aliphatic carbocycles. The van der Waals surface area contributed by atoms with Gasteiger partial charge in [-0.1, -0.05) is 65.2 Å². The Morgan fingerprint density at radius 2 is 0.853 bits per heavy atom. The van der Waals surface area contributed by atoms with E-state index in [9.17, 15) is 0 Å². The lowest BCUT2D eigenvalue weighted by molar-refractivity contribution is 0.537. The van der Waals surface area contributed by atoms with Crippen LogP contribution in [0.25, 0.3) is 0 Å². The van der Waals surface area contributed by atoms with Crippen LogP contribution in [0.4, 0.5) is 0 Å². The van der Waals surface area contributed by atoms with Gasteiger partial charge in [0.25, 0.3) is 0 Å². The monoisotopic (exact) mass is 598 g/mol. The molecule has 0 spiro atoms. The Morgan fingerprint density at radius 3 is 1.21 bits per heavy atom. The fraction of sp³-hybridized carbons (Fsp3) is 0.643. The van der Waals surface area contributed by atoms with Gasteiger partial charge in [0, 0.05) is 51.0 Å². The van der Waals surface area contributed by atoms with E-state index in [4.69, 9.17) is 0 Å². The first-order chi connectivity index (χ1) is 15.8. The Kier molecular flexibility index (Phi) is 21.6. The zero-order valence-corrected chi connectivity index (χ0v) is 25.0. The molecule has 0 radical (unpaired) electrons. The second-order valence-electron chi connectivity index (χ2n) is 8.89. The Hall–Kier alpha value is -1.14. The van der Waals surface area contributed by atoms with Crippen molar-refractivity contribution in [1.29, 1.82) is 0 Å². The molecule has 4 nitrogen and oxygen atoms in total. The van der Waals surface area contributed by atoms with E-state index in [0.29, 0.717) is 0 Å². The van der Waals surface area contributed by atoms with Gasteiger partial charge in [-0.2, -0.15) is 0 Å². The van der Waals surface area contributed by atoms with E-state index in [2.05, 4.69) is 82.0 Å². The highest BCUT2D eigenvalue weighted by molar-refractivity contribution is 8.93. The van der Waals surface area contributed by atoms with Gasteiger partial charge in [-0.05, 0) is 49.9 Å². The van der Waals surface area contributed by atoms with Crippen molar-refractivity contribution >= 4 is 34.0 Å². The smallest absolute Gasteiger partial charge is 0.0603 e.